The van der Waals surface area contributed by atoms with Gasteiger partial charge in [-0.25, -0.2) is 0 Å². The zero-order chi connectivity index (χ0) is 18.9. The van der Waals surface area contributed by atoms with Crippen LogP contribution < -0.4 is 0 Å². The highest BCUT2D eigenvalue weighted by Gasteiger charge is 2.42. The van der Waals surface area contributed by atoms with Crippen LogP contribution in [0.4, 0.5) is 0 Å². The number of rotatable bonds is 4. The van der Waals surface area contributed by atoms with E-state index in [1.807, 2.05) is 21.9 Å². The normalized spacial score (nSPS) is 25.4. The van der Waals surface area contributed by atoms with Crippen molar-refractivity contribution in [2.75, 3.05) is 32.8 Å². The van der Waals surface area contributed by atoms with Crippen LogP contribution in [0.5, 0.6) is 0 Å². The summed E-state index contributed by atoms with van der Waals surface area (Å²) in [6.07, 6.45) is 6.85. The van der Waals surface area contributed by atoms with Gasteiger partial charge in [-0.2, -0.15) is 0 Å². The van der Waals surface area contributed by atoms with E-state index in [-0.39, 0.29) is 23.3 Å². The SMILES string of the molecule is CCc1ccc(C(=O)N2CCC3(CCC(=O)N(CC4CCCO4)C3)CC2)[nH]1. The van der Waals surface area contributed by atoms with Gasteiger partial charge in [0.1, 0.15) is 5.69 Å². The summed E-state index contributed by atoms with van der Waals surface area (Å²) < 4.78 is 5.74. The van der Waals surface area contributed by atoms with Gasteiger partial charge >= 0.3 is 0 Å². The van der Waals surface area contributed by atoms with Crippen LogP contribution in [-0.2, 0) is 16.0 Å². The third kappa shape index (κ3) is 3.91. The molecular formula is C21H31N3O3. The van der Waals surface area contributed by atoms with E-state index in [0.29, 0.717) is 12.1 Å². The van der Waals surface area contributed by atoms with Crippen molar-refractivity contribution in [2.45, 2.75) is 58.0 Å². The number of nitrogens with zero attached hydrogens (tertiary/aromatic N) is 2. The van der Waals surface area contributed by atoms with Crippen LogP contribution >= 0.6 is 0 Å². The molecule has 1 aromatic rings. The number of aromatic amines is 1. The standard InChI is InChI=1S/C21H31N3O3/c1-2-16-5-6-18(22-16)20(26)23-11-9-21(10-12-23)8-7-19(25)24(15-21)14-17-4-3-13-27-17/h5-6,17,22H,2-4,7-15H2,1H3. The third-order valence-electron chi connectivity index (χ3n) is 6.67. The van der Waals surface area contributed by atoms with Crippen LogP contribution in [0.3, 0.4) is 0 Å². The van der Waals surface area contributed by atoms with E-state index in [9.17, 15) is 9.59 Å². The number of aromatic nitrogens is 1. The molecule has 6 heteroatoms. The van der Waals surface area contributed by atoms with Gasteiger partial charge in [0.25, 0.3) is 5.91 Å². The topological polar surface area (TPSA) is 65.6 Å². The highest BCUT2D eigenvalue weighted by Crippen LogP contribution is 2.40. The first-order valence-corrected chi connectivity index (χ1v) is 10.5. The molecular weight excluding hydrogens is 342 g/mol. The third-order valence-corrected chi connectivity index (χ3v) is 6.67. The van der Waals surface area contributed by atoms with E-state index < -0.39 is 0 Å². The number of likely N-dealkylation sites (tertiary alicyclic amines) is 2. The van der Waals surface area contributed by atoms with Crippen molar-refractivity contribution in [2.24, 2.45) is 5.41 Å². The first kappa shape index (κ1) is 18.5. The number of amides is 2. The Bertz CT molecular complexity index is 685. The molecule has 1 atom stereocenters. The van der Waals surface area contributed by atoms with E-state index in [2.05, 4.69) is 11.9 Å². The summed E-state index contributed by atoms with van der Waals surface area (Å²) in [7, 11) is 0. The lowest BCUT2D eigenvalue weighted by atomic mass is 9.72. The van der Waals surface area contributed by atoms with E-state index in [4.69, 9.17) is 4.74 Å². The molecule has 0 aliphatic carbocycles. The number of carbonyl (C=O) groups excluding carboxylic acids is 2. The number of H-pyrrole nitrogens is 1. The first-order chi connectivity index (χ1) is 13.1. The Labute approximate surface area is 161 Å². The summed E-state index contributed by atoms with van der Waals surface area (Å²) in [5.74, 6) is 0.376. The van der Waals surface area contributed by atoms with Crippen LogP contribution in [-0.4, -0.2) is 65.5 Å². The van der Waals surface area contributed by atoms with Crippen LogP contribution in [0, 0.1) is 5.41 Å². The lowest BCUT2D eigenvalue weighted by Crippen LogP contribution is -2.53. The van der Waals surface area contributed by atoms with Gasteiger partial charge < -0.3 is 19.5 Å². The number of ether oxygens (including phenoxy) is 1. The van der Waals surface area contributed by atoms with Gasteiger partial charge in [0.15, 0.2) is 0 Å². The fourth-order valence-corrected chi connectivity index (χ4v) is 4.84. The van der Waals surface area contributed by atoms with Crippen LogP contribution in [0.15, 0.2) is 12.1 Å². The molecule has 0 aromatic carbocycles. The number of nitrogens with one attached hydrogen (secondary N) is 1. The second kappa shape index (κ2) is 7.66. The molecule has 0 radical (unpaired) electrons. The fourth-order valence-electron chi connectivity index (χ4n) is 4.84. The quantitative estimate of drug-likeness (QED) is 0.882. The van der Waals surface area contributed by atoms with Crippen molar-refractivity contribution < 1.29 is 14.3 Å². The van der Waals surface area contributed by atoms with Crippen LogP contribution in [0.2, 0.25) is 0 Å². The summed E-state index contributed by atoms with van der Waals surface area (Å²) in [6.45, 7) is 6.04. The average molecular weight is 373 g/mol. The lowest BCUT2D eigenvalue weighted by Gasteiger charge is -2.47. The Morgan fingerprint density at radius 3 is 2.78 bits per heavy atom. The highest BCUT2D eigenvalue weighted by atomic mass is 16.5. The number of aryl methyl sites for hydroxylation is 1. The monoisotopic (exact) mass is 373 g/mol. The molecule has 1 N–H and O–H groups in total. The highest BCUT2D eigenvalue weighted by molar-refractivity contribution is 5.92. The molecule has 3 saturated heterocycles. The molecule has 0 saturated carbocycles. The van der Waals surface area contributed by atoms with Crippen molar-refractivity contribution in [3.05, 3.63) is 23.5 Å². The van der Waals surface area contributed by atoms with Gasteiger partial charge in [0, 0.05) is 44.9 Å². The number of piperidine rings is 2. The zero-order valence-electron chi connectivity index (χ0n) is 16.3. The van der Waals surface area contributed by atoms with Gasteiger partial charge in [-0.1, -0.05) is 6.92 Å². The van der Waals surface area contributed by atoms with E-state index >= 15 is 0 Å². The first-order valence-electron chi connectivity index (χ1n) is 10.5. The van der Waals surface area contributed by atoms with E-state index in [0.717, 1.165) is 77.0 Å². The van der Waals surface area contributed by atoms with Gasteiger partial charge in [-0.05, 0) is 56.1 Å². The molecule has 3 aliphatic heterocycles. The van der Waals surface area contributed by atoms with Gasteiger partial charge in [-0.15, -0.1) is 0 Å². The largest absolute Gasteiger partial charge is 0.376 e. The Hall–Kier alpha value is -1.82. The number of hydrogen-bond acceptors (Lipinski definition) is 3. The summed E-state index contributed by atoms with van der Waals surface area (Å²) in [4.78, 5) is 32.4. The lowest BCUT2D eigenvalue weighted by molar-refractivity contribution is -0.141. The zero-order valence-corrected chi connectivity index (χ0v) is 16.3. The molecule has 4 rings (SSSR count). The van der Waals surface area contributed by atoms with Crippen molar-refractivity contribution in [3.8, 4) is 0 Å². The molecule has 3 fully saturated rings. The Morgan fingerprint density at radius 1 is 1.30 bits per heavy atom. The minimum atomic E-state index is 0.104. The predicted octanol–water partition coefficient (Wildman–Crippen LogP) is 2.60. The predicted molar refractivity (Wildman–Crippen MR) is 103 cm³/mol. The maximum Gasteiger partial charge on any atom is 0.270 e. The number of carbonyl (C=O) groups is 2. The maximum absolute atomic E-state index is 12.8. The number of hydrogen-bond donors (Lipinski definition) is 1. The van der Waals surface area contributed by atoms with Crippen molar-refractivity contribution >= 4 is 11.8 Å². The molecule has 0 bridgehead atoms. The van der Waals surface area contributed by atoms with E-state index in [1.165, 1.54) is 0 Å². The summed E-state index contributed by atoms with van der Waals surface area (Å²) >= 11 is 0. The van der Waals surface area contributed by atoms with E-state index in [1.54, 1.807) is 0 Å². The second-order valence-corrected chi connectivity index (χ2v) is 8.45. The van der Waals surface area contributed by atoms with Crippen molar-refractivity contribution in [1.29, 1.82) is 0 Å². The molecule has 3 aliphatic rings. The Morgan fingerprint density at radius 2 is 2.11 bits per heavy atom. The van der Waals surface area contributed by atoms with Crippen LogP contribution in [0.25, 0.3) is 0 Å². The molecule has 1 unspecified atom stereocenters. The minimum Gasteiger partial charge on any atom is -0.376 e. The van der Waals surface area contributed by atoms with Gasteiger partial charge in [0.05, 0.1) is 6.10 Å². The molecule has 1 aromatic heterocycles. The van der Waals surface area contributed by atoms with Gasteiger partial charge in [-0.3, -0.25) is 9.59 Å². The van der Waals surface area contributed by atoms with Crippen molar-refractivity contribution in [3.63, 3.8) is 0 Å². The molecule has 6 nitrogen and oxygen atoms in total. The Kier molecular flexibility index (Phi) is 5.26. The summed E-state index contributed by atoms with van der Waals surface area (Å²) in [6, 6.07) is 3.89. The molecule has 2 amide bonds. The Balaban J connectivity index is 1.35. The van der Waals surface area contributed by atoms with Crippen molar-refractivity contribution in [1.82, 2.24) is 14.8 Å². The molecule has 148 valence electrons. The summed E-state index contributed by atoms with van der Waals surface area (Å²) in [5, 5.41) is 0. The molecule has 1 spiro atoms. The second-order valence-electron chi connectivity index (χ2n) is 8.45. The molecule has 4 heterocycles. The fraction of sp³-hybridized carbons (Fsp3) is 0.714. The maximum atomic E-state index is 12.8. The minimum absolute atomic E-state index is 0.104. The summed E-state index contributed by atoms with van der Waals surface area (Å²) in [5.41, 5.74) is 1.97. The van der Waals surface area contributed by atoms with Crippen LogP contribution in [0.1, 0.15) is 61.6 Å². The average Bonchev–Trinajstić information content (AvgIpc) is 3.37. The van der Waals surface area contributed by atoms with Gasteiger partial charge in [0.2, 0.25) is 5.91 Å². The molecule has 27 heavy (non-hydrogen) atoms. The smallest absolute Gasteiger partial charge is 0.270 e.